The smallest absolute Gasteiger partial charge is 0.180 e. The highest BCUT2D eigenvalue weighted by Crippen LogP contribution is 2.46. The number of hydrogen-bond donors (Lipinski definition) is 1. The van der Waals surface area contributed by atoms with Gasteiger partial charge in [-0.3, -0.25) is 9.89 Å². The highest BCUT2D eigenvalue weighted by molar-refractivity contribution is 7.08. The lowest BCUT2D eigenvalue weighted by atomic mass is 9.95. The van der Waals surface area contributed by atoms with Crippen LogP contribution in [0.15, 0.2) is 29.0 Å². The Morgan fingerprint density at radius 2 is 2.03 bits per heavy atom. The molecule has 5 rings (SSSR count). The van der Waals surface area contributed by atoms with E-state index >= 15 is 0 Å². The van der Waals surface area contributed by atoms with E-state index in [2.05, 4.69) is 29.1 Å². The lowest BCUT2D eigenvalue weighted by Crippen LogP contribution is -2.09. The number of carbonyl (C=O) groups excluding carboxylic acids is 1. The fourth-order valence-corrected chi connectivity index (χ4v) is 4.65. The standard InChI is InChI=1S/C22H20N4O3S.C3H8/c1-11-20(12(2)24-23-11)15-7-16-19(8-18(15)28-4)29-9-17-21(13(3)27)25-26(22(16)17)14-5-6-30-10-14;1-3-2/h5-8,10H,9H2,1-4H3,(H,23,24);3H2,1-2H3. The molecule has 0 unspecified atom stereocenters. The summed E-state index contributed by atoms with van der Waals surface area (Å²) in [6, 6.07) is 5.94. The van der Waals surface area contributed by atoms with Gasteiger partial charge in [0.15, 0.2) is 5.78 Å². The summed E-state index contributed by atoms with van der Waals surface area (Å²) in [6.45, 7) is 10.0. The van der Waals surface area contributed by atoms with Crippen molar-refractivity contribution in [3.8, 4) is 39.6 Å². The van der Waals surface area contributed by atoms with E-state index in [1.165, 1.54) is 13.3 Å². The molecule has 0 radical (unpaired) electrons. The molecule has 1 aliphatic heterocycles. The van der Waals surface area contributed by atoms with Crippen LogP contribution in [0.3, 0.4) is 0 Å². The van der Waals surface area contributed by atoms with Crippen LogP contribution in [0.2, 0.25) is 0 Å². The van der Waals surface area contributed by atoms with Crippen molar-refractivity contribution in [3.63, 3.8) is 0 Å². The van der Waals surface area contributed by atoms with E-state index in [1.54, 1.807) is 18.4 Å². The van der Waals surface area contributed by atoms with E-state index in [0.29, 0.717) is 17.2 Å². The van der Waals surface area contributed by atoms with Gasteiger partial charge in [0.05, 0.1) is 24.2 Å². The van der Waals surface area contributed by atoms with Crippen LogP contribution in [0.4, 0.5) is 0 Å². The molecular formula is C25H28N4O3S. The van der Waals surface area contributed by atoms with Crippen molar-refractivity contribution in [2.45, 2.75) is 47.6 Å². The molecule has 0 fully saturated rings. The van der Waals surface area contributed by atoms with Gasteiger partial charge in [-0.25, -0.2) is 4.68 Å². The second-order valence-corrected chi connectivity index (χ2v) is 8.76. The maximum Gasteiger partial charge on any atom is 0.180 e. The number of nitrogens with zero attached hydrogens (tertiary/aromatic N) is 3. The Balaban J connectivity index is 0.000000821. The number of aromatic amines is 1. The number of aryl methyl sites for hydroxylation is 2. The van der Waals surface area contributed by atoms with E-state index in [-0.39, 0.29) is 12.4 Å². The lowest BCUT2D eigenvalue weighted by molar-refractivity contribution is 0.101. The SMILES string of the molecule is CCC.COc1cc2c(cc1-c1c(C)n[nH]c1C)-c1c(c(C(C)=O)nn1-c1ccsc1)CO2. The van der Waals surface area contributed by atoms with Crippen LogP contribution in [0, 0.1) is 13.8 Å². The second kappa shape index (κ2) is 9.23. The third-order valence-corrected chi connectivity index (χ3v) is 6.06. The molecule has 0 spiro atoms. The number of benzene rings is 1. The summed E-state index contributed by atoms with van der Waals surface area (Å²) in [5.41, 5.74) is 7.67. The van der Waals surface area contributed by atoms with E-state index in [1.807, 2.05) is 47.5 Å². The Labute approximate surface area is 197 Å². The molecule has 8 heteroatoms. The fraction of sp³-hybridized carbons (Fsp3) is 0.320. The van der Waals surface area contributed by atoms with Crippen molar-refractivity contribution >= 4 is 17.1 Å². The fourth-order valence-electron chi connectivity index (χ4n) is 4.04. The van der Waals surface area contributed by atoms with Gasteiger partial charge in [-0.1, -0.05) is 20.3 Å². The van der Waals surface area contributed by atoms with E-state index in [0.717, 1.165) is 45.0 Å². The summed E-state index contributed by atoms with van der Waals surface area (Å²) in [6.07, 6.45) is 1.25. The number of Topliss-reactive ketones (excluding diaryl/α,β-unsaturated/α-hetero) is 1. The number of methoxy groups -OCH3 is 1. The Hall–Kier alpha value is -3.39. The molecule has 7 nitrogen and oxygen atoms in total. The van der Waals surface area contributed by atoms with Gasteiger partial charge in [0.1, 0.15) is 23.8 Å². The summed E-state index contributed by atoms with van der Waals surface area (Å²) < 4.78 is 13.6. The van der Waals surface area contributed by atoms with Crippen molar-refractivity contribution in [1.29, 1.82) is 0 Å². The summed E-state index contributed by atoms with van der Waals surface area (Å²) in [7, 11) is 1.65. The Bertz CT molecular complexity index is 1280. The zero-order valence-electron chi connectivity index (χ0n) is 19.8. The number of ketones is 1. The van der Waals surface area contributed by atoms with Gasteiger partial charge in [0.2, 0.25) is 0 Å². The summed E-state index contributed by atoms with van der Waals surface area (Å²) >= 11 is 1.59. The van der Waals surface area contributed by atoms with E-state index in [9.17, 15) is 4.79 Å². The van der Waals surface area contributed by atoms with Gasteiger partial charge in [0.25, 0.3) is 0 Å². The maximum absolute atomic E-state index is 12.3. The molecular weight excluding hydrogens is 436 g/mol. The van der Waals surface area contributed by atoms with Gasteiger partial charge >= 0.3 is 0 Å². The van der Waals surface area contributed by atoms with Crippen LogP contribution in [0.5, 0.6) is 11.5 Å². The molecule has 1 aliphatic rings. The average Bonchev–Trinajstić information content (AvgIpc) is 3.52. The molecule has 0 amide bonds. The first-order chi connectivity index (χ1) is 15.9. The van der Waals surface area contributed by atoms with Crippen LogP contribution < -0.4 is 9.47 Å². The average molecular weight is 465 g/mol. The van der Waals surface area contributed by atoms with E-state index in [4.69, 9.17) is 9.47 Å². The minimum absolute atomic E-state index is 0.0810. The lowest BCUT2D eigenvalue weighted by Gasteiger charge is -2.22. The Kier molecular flexibility index (Phi) is 6.37. The molecule has 33 heavy (non-hydrogen) atoms. The van der Waals surface area contributed by atoms with Crippen molar-refractivity contribution in [3.05, 3.63) is 51.6 Å². The number of aromatic nitrogens is 4. The minimum atomic E-state index is -0.0810. The minimum Gasteiger partial charge on any atom is -0.496 e. The first kappa shape index (κ1) is 22.8. The van der Waals surface area contributed by atoms with Gasteiger partial charge in [-0.15, -0.1) is 0 Å². The summed E-state index contributed by atoms with van der Waals surface area (Å²) in [4.78, 5) is 12.3. The molecule has 1 aromatic carbocycles. The summed E-state index contributed by atoms with van der Waals surface area (Å²) in [5, 5.41) is 16.0. The van der Waals surface area contributed by atoms with Crippen molar-refractivity contribution in [2.24, 2.45) is 0 Å². The highest BCUT2D eigenvalue weighted by atomic mass is 32.1. The number of thiophene rings is 1. The second-order valence-electron chi connectivity index (χ2n) is 7.98. The Morgan fingerprint density at radius 1 is 1.27 bits per heavy atom. The molecule has 4 heterocycles. The number of rotatable bonds is 4. The van der Waals surface area contributed by atoms with Crippen LogP contribution in [0.1, 0.15) is 54.6 Å². The summed E-state index contributed by atoms with van der Waals surface area (Å²) in [5.74, 6) is 1.33. The number of H-pyrrole nitrogens is 1. The normalized spacial score (nSPS) is 11.7. The molecule has 4 aromatic rings. The quantitative estimate of drug-likeness (QED) is 0.368. The van der Waals surface area contributed by atoms with Crippen molar-refractivity contribution in [1.82, 2.24) is 20.0 Å². The first-order valence-electron chi connectivity index (χ1n) is 10.9. The molecule has 0 saturated heterocycles. The molecule has 3 aromatic heterocycles. The zero-order chi connectivity index (χ0) is 23.7. The molecule has 0 saturated carbocycles. The maximum atomic E-state index is 12.3. The zero-order valence-corrected chi connectivity index (χ0v) is 20.6. The first-order valence-corrected chi connectivity index (χ1v) is 11.9. The molecule has 0 atom stereocenters. The number of hydrogen-bond acceptors (Lipinski definition) is 6. The van der Waals surface area contributed by atoms with Gasteiger partial charge in [-0.2, -0.15) is 21.5 Å². The number of ether oxygens (including phenoxy) is 2. The van der Waals surface area contributed by atoms with Gasteiger partial charge in [-0.05, 0) is 31.4 Å². The molecule has 0 aliphatic carbocycles. The van der Waals surface area contributed by atoms with Crippen LogP contribution in [-0.2, 0) is 6.61 Å². The number of carbonyl (C=O) groups is 1. The van der Waals surface area contributed by atoms with Crippen molar-refractivity contribution in [2.75, 3.05) is 7.11 Å². The van der Waals surface area contributed by atoms with Crippen LogP contribution in [-0.4, -0.2) is 32.9 Å². The predicted octanol–water partition coefficient (Wildman–Crippen LogP) is 6.13. The molecule has 172 valence electrons. The van der Waals surface area contributed by atoms with Gasteiger partial charge in [0, 0.05) is 46.3 Å². The van der Waals surface area contributed by atoms with Gasteiger partial charge < -0.3 is 9.47 Å². The van der Waals surface area contributed by atoms with Crippen LogP contribution >= 0.6 is 11.3 Å². The number of fused-ring (bicyclic) bond motifs is 3. The molecule has 0 bridgehead atoms. The van der Waals surface area contributed by atoms with E-state index < -0.39 is 0 Å². The third-order valence-electron chi connectivity index (χ3n) is 5.39. The monoisotopic (exact) mass is 464 g/mol. The predicted molar refractivity (Wildman–Crippen MR) is 131 cm³/mol. The largest absolute Gasteiger partial charge is 0.496 e. The highest BCUT2D eigenvalue weighted by Gasteiger charge is 2.31. The number of nitrogens with one attached hydrogen (secondary N) is 1. The molecule has 1 N–H and O–H groups in total. The topological polar surface area (TPSA) is 82.0 Å². The van der Waals surface area contributed by atoms with Crippen LogP contribution in [0.25, 0.3) is 28.1 Å². The third kappa shape index (κ3) is 3.95. The van der Waals surface area contributed by atoms with Crippen molar-refractivity contribution < 1.29 is 14.3 Å². The Morgan fingerprint density at radius 3 is 2.61 bits per heavy atom.